The summed E-state index contributed by atoms with van der Waals surface area (Å²) in [6, 6.07) is 0. The molecule has 2 atom stereocenters. The van der Waals surface area contributed by atoms with E-state index in [9.17, 15) is 0 Å². The van der Waals surface area contributed by atoms with Gasteiger partial charge in [-0.2, -0.15) is 0 Å². The van der Waals surface area contributed by atoms with E-state index in [-0.39, 0.29) is 0 Å². The molecule has 3 saturated carbocycles. The van der Waals surface area contributed by atoms with Gasteiger partial charge in [-0.05, 0) is 101 Å². The highest BCUT2D eigenvalue weighted by Gasteiger charge is 2.24. The topological polar surface area (TPSA) is 0 Å². The Morgan fingerprint density at radius 1 is 0.680 bits per heavy atom. The van der Waals surface area contributed by atoms with Crippen molar-refractivity contribution in [2.24, 2.45) is 23.7 Å². The molecule has 0 amide bonds. The van der Waals surface area contributed by atoms with E-state index in [1.165, 1.54) is 77.0 Å². The largest absolute Gasteiger partial charge is 0.0891 e. The third-order valence-corrected chi connectivity index (χ3v) is 8.75. The molecule has 3 rings (SSSR count). The summed E-state index contributed by atoms with van der Waals surface area (Å²) in [4.78, 5) is 1.56. The lowest BCUT2D eigenvalue weighted by molar-refractivity contribution is 0.333. The second kappa shape index (κ2) is 10.1. The predicted molar refractivity (Wildman–Crippen MR) is 118 cm³/mol. The molecule has 0 aromatic carbocycles. The molecule has 0 N–H and O–H groups in total. The Balaban J connectivity index is 1.48. The quantitative estimate of drug-likeness (QED) is 0.286. The van der Waals surface area contributed by atoms with Crippen LogP contribution in [0.3, 0.4) is 0 Å². The van der Waals surface area contributed by atoms with Crippen LogP contribution in [0.4, 0.5) is 0 Å². The average Bonchev–Trinajstić information content (AvgIpc) is 2.63. The van der Waals surface area contributed by atoms with Crippen LogP contribution in [-0.4, -0.2) is 9.65 Å². The lowest BCUT2D eigenvalue weighted by Crippen LogP contribution is -2.18. The van der Waals surface area contributed by atoms with E-state index in [0.717, 1.165) is 33.3 Å². The molecule has 3 aliphatic carbocycles. The maximum atomic E-state index is 3.79. The Morgan fingerprint density at radius 3 is 1.88 bits per heavy atom. The zero-order chi connectivity index (χ0) is 17.6. The van der Waals surface area contributed by atoms with Crippen molar-refractivity contribution in [3.63, 3.8) is 0 Å². The van der Waals surface area contributed by atoms with E-state index in [1.54, 1.807) is 5.57 Å². The molecular formula is C23H36Br2. The molecule has 0 radical (unpaired) electrons. The van der Waals surface area contributed by atoms with Gasteiger partial charge >= 0.3 is 0 Å². The molecule has 2 unspecified atom stereocenters. The molecule has 0 aliphatic heterocycles. The Bertz CT molecular complexity index is 451. The Labute approximate surface area is 172 Å². The lowest BCUT2D eigenvalue weighted by Gasteiger charge is -2.30. The van der Waals surface area contributed by atoms with Gasteiger partial charge in [0.05, 0.1) is 0 Å². The summed E-state index contributed by atoms with van der Waals surface area (Å²) >= 11 is 7.57. The van der Waals surface area contributed by atoms with Gasteiger partial charge in [0.25, 0.3) is 0 Å². The van der Waals surface area contributed by atoms with Gasteiger partial charge in [-0.3, -0.25) is 0 Å². The second-order valence-corrected chi connectivity index (χ2v) is 11.5. The Morgan fingerprint density at radius 2 is 1.24 bits per heavy atom. The summed E-state index contributed by atoms with van der Waals surface area (Å²) in [5.41, 5.74) is 1.70. The van der Waals surface area contributed by atoms with Crippen molar-refractivity contribution in [3.05, 3.63) is 23.8 Å². The van der Waals surface area contributed by atoms with E-state index in [2.05, 4.69) is 57.0 Å². The molecule has 0 bridgehead atoms. The molecule has 0 spiro atoms. The normalized spacial score (nSPS) is 41.2. The van der Waals surface area contributed by atoms with Crippen LogP contribution < -0.4 is 0 Å². The monoisotopic (exact) mass is 470 g/mol. The molecule has 0 heterocycles. The number of rotatable bonds is 4. The van der Waals surface area contributed by atoms with Crippen molar-refractivity contribution < 1.29 is 0 Å². The van der Waals surface area contributed by atoms with Gasteiger partial charge in [-0.25, -0.2) is 0 Å². The minimum atomic E-state index is 0.779. The third kappa shape index (κ3) is 6.52. The van der Waals surface area contributed by atoms with Crippen molar-refractivity contribution in [1.82, 2.24) is 0 Å². The predicted octanol–water partition coefficient (Wildman–Crippen LogP) is 8.20. The summed E-state index contributed by atoms with van der Waals surface area (Å²) in [5.74, 6) is 3.39. The van der Waals surface area contributed by atoms with E-state index in [0.29, 0.717) is 0 Å². The second-order valence-electron chi connectivity index (χ2n) is 8.94. The summed E-state index contributed by atoms with van der Waals surface area (Å²) in [6.07, 6.45) is 24.5. The number of halogens is 2. The fraction of sp³-hybridized carbons (Fsp3) is 0.826. The fourth-order valence-electron chi connectivity index (χ4n) is 5.15. The van der Waals surface area contributed by atoms with Gasteiger partial charge < -0.3 is 0 Å². The first-order valence-electron chi connectivity index (χ1n) is 10.7. The molecule has 0 nitrogen and oxygen atoms in total. The van der Waals surface area contributed by atoms with E-state index in [1.807, 2.05) is 0 Å². The average molecular weight is 472 g/mol. The van der Waals surface area contributed by atoms with Gasteiger partial charge in [0.15, 0.2) is 0 Å². The van der Waals surface area contributed by atoms with Crippen LogP contribution in [0.1, 0.15) is 84.0 Å². The van der Waals surface area contributed by atoms with E-state index < -0.39 is 0 Å². The summed E-state index contributed by atoms with van der Waals surface area (Å²) < 4.78 is 0. The fourth-order valence-corrected chi connectivity index (χ4v) is 6.21. The first kappa shape index (κ1) is 20.2. The molecule has 25 heavy (non-hydrogen) atoms. The van der Waals surface area contributed by atoms with Crippen molar-refractivity contribution in [2.75, 3.05) is 0 Å². The zero-order valence-corrected chi connectivity index (χ0v) is 19.1. The van der Waals surface area contributed by atoms with Gasteiger partial charge in [0, 0.05) is 9.65 Å². The van der Waals surface area contributed by atoms with Crippen LogP contribution in [0, 0.1) is 23.7 Å². The molecule has 0 aromatic rings. The first-order valence-corrected chi connectivity index (χ1v) is 12.6. The highest BCUT2D eigenvalue weighted by molar-refractivity contribution is 9.09. The van der Waals surface area contributed by atoms with Crippen LogP contribution in [0.2, 0.25) is 0 Å². The van der Waals surface area contributed by atoms with Crippen LogP contribution in [-0.2, 0) is 0 Å². The number of hydrogen-bond acceptors (Lipinski definition) is 0. The lowest BCUT2D eigenvalue weighted by atomic mass is 9.76. The van der Waals surface area contributed by atoms with Crippen molar-refractivity contribution in [3.8, 4) is 0 Å². The maximum absolute atomic E-state index is 3.79. The standard InChI is InChI=1S/C23H36Br2/c1-17(15-20-9-13-23(25)14-10-20)21-4-2-3-19(16-21)6-5-18-7-11-22(24)12-8-18/h5-6,15,18-23H,2-4,7-14,16H2,1H3/b6-5+,17-15+. The number of alkyl halides is 2. The number of hydrogen-bond donors (Lipinski definition) is 0. The highest BCUT2D eigenvalue weighted by Crippen LogP contribution is 2.37. The van der Waals surface area contributed by atoms with Gasteiger partial charge in [-0.1, -0.05) is 62.1 Å². The van der Waals surface area contributed by atoms with Crippen LogP contribution in [0.25, 0.3) is 0 Å². The SMILES string of the molecule is C/C(=C\C1CCC(Br)CC1)C1CCCC(/C=C/C2CCC(Br)CC2)C1. The van der Waals surface area contributed by atoms with Crippen molar-refractivity contribution in [1.29, 1.82) is 0 Å². The van der Waals surface area contributed by atoms with Crippen molar-refractivity contribution in [2.45, 2.75) is 93.6 Å². The van der Waals surface area contributed by atoms with Crippen LogP contribution >= 0.6 is 31.9 Å². The summed E-state index contributed by atoms with van der Waals surface area (Å²) in [6.45, 7) is 2.42. The smallest absolute Gasteiger partial charge is 0.0146 e. The Hall–Kier alpha value is 0.440. The minimum absolute atomic E-state index is 0.779. The highest BCUT2D eigenvalue weighted by atomic mass is 79.9. The van der Waals surface area contributed by atoms with Gasteiger partial charge in [0.1, 0.15) is 0 Å². The molecule has 0 aromatic heterocycles. The maximum Gasteiger partial charge on any atom is 0.0146 e. The van der Waals surface area contributed by atoms with Crippen LogP contribution in [0.5, 0.6) is 0 Å². The van der Waals surface area contributed by atoms with Gasteiger partial charge in [0.2, 0.25) is 0 Å². The molecule has 2 heteroatoms. The number of allylic oxidation sites excluding steroid dienone is 4. The van der Waals surface area contributed by atoms with Gasteiger partial charge in [-0.15, -0.1) is 0 Å². The first-order chi connectivity index (χ1) is 12.1. The Kier molecular flexibility index (Phi) is 8.16. The third-order valence-electron chi connectivity index (χ3n) is 6.92. The molecule has 142 valence electrons. The molecule has 0 saturated heterocycles. The van der Waals surface area contributed by atoms with Crippen molar-refractivity contribution >= 4 is 31.9 Å². The molecule has 3 aliphatic rings. The van der Waals surface area contributed by atoms with E-state index >= 15 is 0 Å². The zero-order valence-electron chi connectivity index (χ0n) is 15.9. The van der Waals surface area contributed by atoms with E-state index in [4.69, 9.17) is 0 Å². The summed E-state index contributed by atoms with van der Waals surface area (Å²) in [5, 5.41) is 0. The van der Waals surface area contributed by atoms with Crippen LogP contribution in [0.15, 0.2) is 23.8 Å². The molecular weight excluding hydrogens is 436 g/mol. The molecule has 3 fully saturated rings. The minimum Gasteiger partial charge on any atom is -0.0891 e. The summed E-state index contributed by atoms with van der Waals surface area (Å²) in [7, 11) is 0.